The van der Waals surface area contributed by atoms with Crippen molar-refractivity contribution in [3.8, 4) is 0 Å². The van der Waals surface area contributed by atoms with Crippen LogP contribution in [0.5, 0.6) is 0 Å². The van der Waals surface area contributed by atoms with Gasteiger partial charge in [0.25, 0.3) is 0 Å². The van der Waals surface area contributed by atoms with Crippen molar-refractivity contribution in [1.82, 2.24) is 5.32 Å². The fraction of sp³-hybridized carbons (Fsp3) is 0.909. The molecular weight excluding hydrogens is 192 g/mol. The third-order valence-electron chi connectivity index (χ3n) is 3.10. The van der Waals surface area contributed by atoms with Crippen LogP contribution in [0.25, 0.3) is 0 Å². The topological polar surface area (TPSA) is 64.3 Å². The molecule has 4 nitrogen and oxygen atoms in total. The highest BCUT2D eigenvalue weighted by molar-refractivity contribution is 5.71. The van der Waals surface area contributed by atoms with Gasteiger partial charge in [0, 0.05) is 6.54 Å². The summed E-state index contributed by atoms with van der Waals surface area (Å²) >= 11 is 0. The Morgan fingerprint density at radius 1 is 1.47 bits per heavy atom. The van der Waals surface area contributed by atoms with E-state index >= 15 is 0 Å². The maximum absolute atomic E-state index is 10.5. The number of carbonyl (C=O) groups is 1. The zero-order chi connectivity index (χ0) is 11.5. The average molecular weight is 214 g/mol. The third-order valence-corrected chi connectivity index (χ3v) is 3.10. The molecule has 0 aromatic carbocycles. The van der Waals surface area contributed by atoms with Crippen LogP contribution >= 0.6 is 0 Å². The Bertz CT molecular complexity index is 215. The minimum atomic E-state index is -0.475. The summed E-state index contributed by atoms with van der Waals surface area (Å²) in [6.07, 6.45) is 2.30. The number of carbonyl (C=O) groups excluding carboxylic acids is 1. The molecule has 4 heteroatoms. The minimum absolute atomic E-state index is 0.135. The van der Waals surface area contributed by atoms with Gasteiger partial charge in [-0.2, -0.15) is 0 Å². The highest BCUT2D eigenvalue weighted by Gasteiger charge is 2.30. The Hall–Kier alpha value is -0.770. The number of urea groups is 1. The Balaban J connectivity index is 2.27. The highest BCUT2D eigenvalue weighted by atomic mass is 16.5. The normalized spacial score (nSPS) is 27.4. The summed E-state index contributed by atoms with van der Waals surface area (Å²) in [5.41, 5.74) is 5.31. The van der Waals surface area contributed by atoms with Gasteiger partial charge in [-0.1, -0.05) is 20.8 Å². The summed E-state index contributed by atoms with van der Waals surface area (Å²) in [6, 6.07) is -0.475. The number of amides is 2. The molecule has 0 saturated carbocycles. The van der Waals surface area contributed by atoms with Crippen molar-refractivity contribution in [2.24, 2.45) is 17.1 Å². The van der Waals surface area contributed by atoms with E-state index in [1.807, 2.05) is 0 Å². The fourth-order valence-electron chi connectivity index (χ4n) is 1.86. The smallest absolute Gasteiger partial charge is 0.312 e. The van der Waals surface area contributed by atoms with Crippen LogP contribution in [0.1, 0.15) is 33.6 Å². The van der Waals surface area contributed by atoms with Crippen molar-refractivity contribution >= 4 is 6.03 Å². The summed E-state index contributed by atoms with van der Waals surface area (Å²) in [6.45, 7) is 8.04. The lowest BCUT2D eigenvalue weighted by atomic mass is 9.77. The molecule has 0 bridgehead atoms. The summed E-state index contributed by atoms with van der Waals surface area (Å²) in [7, 11) is 0. The standard InChI is InChI=1S/C11H22N2O2/c1-11(2,3)8-4-5-9(15-7-8)6-13-10(12)14/h8-9H,4-7H2,1-3H3,(H3,12,13,14). The first-order valence-corrected chi connectivity index (χ1v) is 5.54. The van der Waals surface area contributed by atoms with Crippen LogP contribution in [0.15, 0.2) is 0 Å². The monoisotopic (exact) mass is 214 g/mol. The van der Waals surface area contributed by atoms with Gasteiger partial charge in [0.15, 0.2) is 0 Å². The van der Waals surface area contributed by atoms with Crippen LogP contribution in [0.2, 0.25) is 0 Å². The molecule has 0 aromatic rings. The van der Waals surface area contributed by atoms with E-state index in [1.54, 1.807) is 0 Å². The number of nitrogens with two attached hydrogens (primary N) is 1. The second-order valence-electron chi connectivity index (χ2n) is 5.34. The predicted molar refractivity (Wildman–Crippen MR) is 59.5 cm³/mol. The zero-order valence-electron chi connectivity index (χ0n) is 9.88. The van der Waals surface area contributed by atoms with Crippen LogP contribution in [0, 0.1) is 11.3 Å². The molecule has 2 amide bonds. The van der Waals surface area contributed by atoms with Crippen LogP contribution in [-0.4, -0.2) is 25.3 Å². The molecule has 0 aliphatic carbocycles. The van der Waals surface area contributed by atoms with Crippen LogP contribution in [-0.2, 0) is 4.74 Å². The average Bonchev–Trinajstić information content (AvgIpc) is 2.14. The van der Waals surface area contributed by atoms with Gasteiger partial charge >= 0.3 is 6.03 Å². The van der Waals surface area contributed by atoms with E-state index in [4.69, 9.17) is 10.5 Å². The Morgan fingerprint density at radius 3 is 2.53 bits per heavy atom. The van der Waals surface area contributed by atoms with Crippen molar-refractivity contribution < 1.29 is 9.53 Å². The second kappa shape index (κ2) is 4.84. The molecule has 3 N–H and O–H groups in total. The lowest BCUT2D eigenvalue weighted by molar-refractivity contribution is -0.0433. The molecule has 15 heavy (non-hydrogen) atoms. The van der Waals surface area contributed by atoms with E-state index < -0.39 is 6.03 Å². The number of nitrogens with one attached hydrogen (secondary N) is 1. The molecule has 2 unspecified atom stereocenters. The third kappa shape index (κ3) is 4.08. The minimum Gasteiger partial charge on any atom is -0.376 e. The van der Waals surface area contributed by atoms with E-state index in [0.29, 0.717) is 17.9 Å². The molecule has 88 valence electrons. The van der Waals surface area contributed by atoms with Gasteiger partial charge in [-0.3, -0.25) is 0 Å². The summed E-state index contributed by atoms with van der Waals surface area (Å²) in [5, 5.41) is 2.58. The van der Waals surface area contributed by atoms with Crippen LogP contribution < -0.4 is 11.1 Å². The van der Waals surface area contributed by atoms with E-state index in [9.17, 15) is 4.79 Å². The molecular formula is C11H22N2O2. The SMILES string of the molecule is CC(C)(C)C1CCC(CNC(N)=O)OC1. The summed E-state index contributed by atoms with van der Waals surface area (Å²) in [4.78, 5) is 10.5. The summed E-state index contributed by atoms with van der Waals surface area (Å²) in [5.74, 6) is 0.613. The first kappa shape index (κ1) is 12.3. The first-order chi connectivity index (χ1) is 6.89. The molecule has 2 atom stereocenters. The van der Waals surface area contributed by atoms with E-state index in [2.05, 4.69) is 26.1 Å². The largest absolute Gasteiger partial charge is 0.376 e. The molecule has 1 aliphatic rings. The zero-order valence-corrected chi connectivity index (χ0v) is 9.88. The molecule has 1 saturated heterocycles. The van der Waals surface area contributed by atoms with E-state index in [1.165, 1.54) is 0 Å². The number of hydrogen-bond donors (Lipinski definition) is 2. The van der Waals surface area contributed by atoms with Crippen molar-refractivity contribution in [2.75, 3.05) is 13.2 Å². The lowest BCUT2D eigenvalue weighted by Crippen LogP contribution is -2.41. The van der Waals surface area contributed by atoms with Gasteiger partial charge in [-0.05, 0) is 24.2 Å². The number of hydrogen-bond acceptors (Lipinski definition) is 2. The summed E-state index contributed by atoms with van der Waals surface area (Å²) < 4.78 is 5.70. The molecule has 0 radical (unpaired) electrons. The van der Waals surface area contributed by atoms with Gasteiger partial charge in [-0.25, -0.2) is 4.79 Å². The second-order valence-corrected chi connectivity index (χ2v) is 5.34. The highest BCUT2D eigenvalue weighted by Crippen LogP contribution is 2.33. The Labute approximate surface area is 91.5 Å². The fourth-order valence-corrected chi connectivity index (χ4v) is 1.86. The van der Waals surface area contributed by atoms with Crippen LogP contribution in [0.4, 0.5) is 4.79 Å². The van der Waals surface area contributed by atoms with E-state index in [-0.39, 0.29) is 6.10 Å². The van der Waals surface area contributed by atoms with E-state index in [0.717, 1.165) is 19.4 Å². The number of ether oxygens (including phenoxy) is 1. The van der Waals surface area contributed by atoms with Gasteiger partial charge in [0.1, 0.15) is 0 Å². The maximum atomic E-state index is 10.5. The van der Waals surface area contributed by atoms with Gasteiger partial charge in [-0.15, -0.1) is 0 Å². The Morgan fingerprint density at radius 2 is 2.13 bits per heavy atom. The van der Waals surface area contributed by atoms with Gasteiger partial charge < -0.3 is 15.8 Å². The predicted octanol–water partition coefficient (Wildman–Crippen LogP) is 1.50. The molecule has 1 aliphatic heterocycles. The van der Waals surface area contributed by atoms with Crippen molar-refractivity contribution in [1.29, 1.82) is 0 Å². The van der Waals surface area contributed by atoms with Crippen LogP contribution in [0.3, 0.4) is 0 Å². The quantitative estimate of drug-likeness (QED) is 0.731. The number of primary amides is 1. The molecule has 1 rings (SSSR count). The van der Waals surface area contributed by atoms with Crippen molar-refractivity contribution in [3.63, 3.8) is 0 Å². The van der Waals surface area contributed by atoms with Crippen molar-refractivity contribution in [3.05, 3.63) is 0 Å². The molecule has 0 aromatic heterocycles. The van der Waals surface area contributed by atoms with Gasteiger partial charge in [0.05, 0.1) is 12.7 Å². The number of rotatable bonds is 2. The lowest BCUT2D eigenvalue weighted by Gasteiger charge is -2.36. The van der Waals surface area contributed by atoms with Gasteiger partial charge in [0.2, 0.25) is 0 Å². The molecule has 1 heterocycles. The maximum Gasteiger partial charge on any atom is 0.312 e. The van der Waals surface area contributed by atoms with Crippen molar-refractivity contribution in [2.45, 2.75) is 39.7 Å². The molecule has 0 spiro atoms. The molecule has 1 fully saturated rings. The first-order valence-electron chi connectivity index (χ1n) is 5.54. The Kier molecular flexibility index (Phi) is 3.97.